The maximum Gasteiger partial charge on any atom is 0.341 e. The van der Waals surface area contributed by atoms with Crippen LogP contribution < -0.4 is 0 Å². The molecule has 10 heteroatoms. The van der Waals surface area contributed by atoms with Gasteiger partial charge in [-0.25, -0.2) is 9.59 Å². The number of carbonyl (C=O) groups is 2. The summed E-state index contributed by atoms with van der Waals surface area (Å²) in [5.74, 6) is -1.63. The summed E-state index contributed by atoms with van der Waals surface area (Å²) in [5, 5.41) is -0.895. The molecular formula is C10H6Cl4Na2O4. The van der Waals surface area contributed by atoms with E-state index in [0.717, 1.165) is 14.2 Å². The molecule has 0 atom stereocenters. The quantitative estimate of drug-likeness (QED) is 0.451. The number of esters is 2. The SMILES string of the molecule is COC(=O)c1c(Cl)c(Cl)c(C(=O)OC)c(Cl)c1Cl.[Na].[Na]. The second kappa shape index (κ2) is 10.2. The minimum Gasteiger partial charge on any atom is -0.465 e. The van der Waals surface area contributed by atoms with Gasteiger partial charge in [-0.2, -0.15) is 0 Å². The van der Waals surface area contributed by atoms with Gasteiger partial charge in [0.2, 0.25) is 0 Å². The van der Waals surface area contributed by atoms with Gasteiger partial charge in [0.05, 0.1) is 45.4 Å². The average Bonchev–Trinajstić information content (AvgIpc) is 2.36. The minimum atomic E-state index is -0.815. The van der Waals surface area contributed by atoms with E-state index < -0.39 is 11.9 Å². The van der Waals surface area contributed by atoms with Gasteiger partial charge in [-0.05, 0) is 0 Å². The van der Waals surface area contributed by atoms with E-state index in [9.17, 15) is 9.59 Å². The molecule has 0 aliphatic carbocycles. The molecule has 0 spiro atoms. The first-order valence-corrected chi connectivity index (χ1v) is 5.90. The molecule has 0 aliphatic heterocycles. The molecule has 1 rings (SSSR count). The van der Waals surface area contributed by atoms with E-state index in [2.05, 4.69) is 9.47 Å². The maximum absolute atomic E-state index is 11.5. The molecule has 0 amide bonds. The Balaban J connectivity index is 0. The second-order valence-corrected chi connectivity index (χ2v) is 4.50. The second-order valence-electron chi connectivity index (χ2n) is 2.99. The van der Waals surface area contributed by atoms with Crippen LogP contribution in [0.5, 0.6) is 0 Å². The zero-order valence-electron chi connectivity index (χ0n) is 11.1. The molecule has 0 heterocycles. The molecule has 1 aromatic rings. The van der Waals surface area contributed by atoms with Gasteiger partial charge in [-0.1, -0.05) is 46.4 Å². The fourth-order valence-corrected chi connectivity index (χ4v) is 2.36. The number of carbonyl (C=O) groups excluding carboxylic acids is 2. The van der Waals surface area contributed by atoms with Crippen LogP contribution in [0.2, 0.25) is 20.1 Å². The van der Waals surface area contributed by atoms with Crippen molar-refractivity contribution in [2.45, 2.75) is 0 Å². The molecule has 20 heavy (non-hydrogen) atoms. The summed E-state index contributed by atoms with van der Waals surface area (Å²) in [4.78, 5) is 23.0. The number of hydrogen-bond donors (Lipinski definition) is 0. The van der Waals surface area contributed by atoms with Gasteiger partial charge in [0.25, 0.3) is 0 Å². The summed E-state index contributed by atoms with van der Waals surface area (Å²) in [6.45, 7) is 0. The van der Waals surface area contributed by atoms with Gasteiger partial charge < -0.3 is 9.47 Å². The molecule has 0 saturated carbocycles. The molecule has 2 radical (unpaired) electrons. The van der Waals surface area contributed by atoms with Gasteiger partial charge in [-0.15, -0.1) is 0 Å². The first kappa shape index (κ1) is 23.6. The van der Waals surface area contributed by atoms with E-state index in [-0.39, 0.29) is 90.3 Å². The van der Waals surface area contributed by atoms with E-state index in [4.69, 9.17) is 46.4 Å². The van der Waals surface area contributed by atoms with Crippen molar-refractivity contribution in [2.75, 3.05) is 14.2 Å². The largest absolute Gasteiger partial charge is 0.465 e. The van der Waals surface area contributed by atoms with Crippen LogP contribution >= 0.6 is 46.4 Å². The van der Waals surface area contributed by atoms with E-state index in [0.29, 0.717) is 0 Å². The molecule has 0 aromatic heterocycles. The Morgan fingerprint density at radius 1 is 0.700 bits per heavy atom. The van der Waals surface area contributed by atoms with Crippen molar-refractivity contribution in [1.29, 1.82) is 0 Å². The third-order valence-electron chi connectivity index (χ3n) is 2.04. The number of hydrogen-bond acceptors (Lipinski definition) is 4. The first-order valence-electron chi connectivity index (χ1n) is 4.39. The Bertz CT molecular complexity index is 460. The number of rotatable bonds is 2. The molecule has 1 aromatic carbocycles. The molecule has 0 saturated heterocycles. The molecule has 100 valence electrons. The number of methoxy groups -OCH3 is 2. The summed E-state index contributed by atoms with van der Waals surface area (Å²) in [6.07, 6.45) is 0. The first-order chi connectivity index (χ1) is 8.36. The van der Waals surface area contributed by atoms with Crippen LogP contribution in [0.4, 0.5) is 0 Å². The van der Waals surface area contributed by atoms with Crippen LogP contribution in [-0.4, -0.2) is 85.3 Å². The molecule has 0 fully saturated rings. The van der Waals surface area contributed by atoms with E-state index >= 15 is 0 Å². The predicted molar refractivity (Wildman–Crippen MR) is 80.7 cm³/mol. The Morgan fingerprint density at radius 3 is 1.05 bits per heavy atom. The molecule has 0 N–H and O–H groups in total. The van der Waals surface area contributed by atoms with Gasteiger partial charge in [-0.3, -0.25) is 0 Å². The smallest absolute Gasteiger partial charge is 0.341 e. The van der Waals surface area contributed by atoms with Crippen molar-refractivity contribution in [1.82, 2.24) is 0 Å². The summed E-state index contributed by atoms with van der Waals surface area (Å²) < 4.78 is 8.99. The van der Waals surface area contributed by atoms with Crippen molar-refractivity contribution >= 4 is 117 Å². The van der Waals surface area contributed by atoms with Crippen LogP contribution in [0.25, 0.3) is 0 Å². The number of benzene rings is 1. The molecule has 0 bridgehead atoms. The zero-order valence-corrected chi connectivity index (χ0v) is 18.2. The zero-order chi connectivity index (χ0) is 14.0. The third-order valence-corrected chi connectivity index (χ3v) is 3.75. The van der Waals surface area contributed by atoms with Crippen LogP contribution in [0.3, 0.4) is 0 Å². The Kier molecular flexibility index (Phi) is 12.0. The van der Waals surface area contributed by atoms with Crippen LogP contribution in [0.15, 0.2) is 0 Å². The molecule has 0 unspecified atom stereocenters. The van der Waals surface area contributed by atoms with Gasteiger partial charge in [0, 0.05) is 59.1 Å². The molecular weight excluding hydrogens is 372 g/mol. The fourth-order valence-electron chi connectivity index (χ4n) is 1.19. The normalized spacial score (nSPS) is 9.10. The standard InChI is InChI=1S/C10H6Cl4O4.2Na/c1-17-9(15)3-5(11)7(13)4(10(16)18-2)8(14)6(3)12;;/h1-2H3;;. The van der Waals surface area contributed by atoms with E-state index in [1.807, 2.05) is 0 Å². The van der Waals surface area contributed by atoms with E-state index in [1.54, 1.807) is 0 Å². The third kappa shape index (κ3) is 4.66. The van der Waals surface area contributed by atoms with Crippen molar-refractivity contribution in [3.8, 4) is 0 Å². The predicted octanol–water partition coefficient (Wildman–Crippen LogP) is 3.11. The van der Waals surface area contributed by atoms with Crippen molar-refractivity contribution in [2.24, 2.45) is 0 Å². The fraction of sp³-hybridized carbons (Fsp3) is 0.200. The molecule has 0 aliphatic rings. The summed E-state index contributed by atoms with van der Waals surface area (Å²) >= 11 is 23.5. The number of halogens is 4. The summed E-state index contributed by atoms with van der Waals surface area (Å²) in [6, 6.07) is 0. The van der Waals surface area contributed by atoms with Crippen LogP contribution in [0.1, 0.15) is 20.7 Å². The van der Waals surface area contributed by atoms with Gasteiger partial charge in [0.1, 0.15) is 0 Å². The van der Waals surface area contributed by atoms with Crippen molar-refractivity contribution < 1.29 is 19.1 Å². The Hall–Kier alpha value is 1.32. The minimum absolute atomic E-state index is 0. The summed E-state index contributed by atoms with van der Waals surface area (Å²) in [5.41, 5.74) is -0.410. The van der Waals surface area contributed by atoms with Gasteiger partial charge in [0.15, 0.2) is 0 Å². The average molecular weight is 378 g/mol. The molecule has 4 nitrogen and oxygen atoms in total. The van der Waals surface area contributed by atoms with Crippen LogP contribution in [0, 0.1) is 0 Å². The van der Waals surface area contributed by atoms with E-state index in [1.165, 1.54) is 0 Å². The summed E-state index contributed by atoms with van der Waals surface area (Å²) in [7, 11) is 2.29. The maximum atomic E-state index is 11.5. The Morgan fingerprint density at radius 2 is 0.900 bits per heavy atom. The topological polar surface area (TPSA) is 52.6 Å². The Labute approximate surface area is 179 Å². The van der Waals surface area contributed by atoms with Crippen molar-refractivity contribution in [3.63, 3.8) is 0 Å². The van der Waals surface area contributed by atoms with Gasteiger partial charge >= 0.3 is 11.9 Å². The van der Waals surface area contributed by atoms with Crippen LogP contribution in [-0.2, 0) is 9.47 Å². The number of ether oxygens (including phenoxy) is 2. The monoisotopic (exact) mass is 376 g/mol. The van der Waals surface area contributed by atoms with Crippen molar-refractivity contribution in [3.05, 3.63) is 31.2 Å².